The molecule has 1 rings (SSSR count). The van der Waals surface area contributed by atoms with Crippen LogP contribution in [0.15, 0.2) is 18.2 Å². The summed E-state index contributed by atoms with van der Waals surface area (Å²) in [6.45, 7) is 3.85. The van der Waals surface area contributed by atoms with E-state index in [1.165, 1.54) is 0 Å². The molecule has 1 aromatic carbocycles. The van der Waals surface area contributed by atoms with Gasteiger partial charge < -0.3 is 11.1 Å². The van der Waals surface area contributed by atoms with Crippen LogP contribution in [0.3, 0.4) is 0 Å². The number of carbonyl (C=O) groups is 1. The molecule has 0 aliphatic heterocycles. The van der Waals surface area contributed by atoms with Crippen LogP contribution in [0.5, 0.6) is 0 Å². The van der Waals surface area contributed by atoms with E-state index >= 15 is 0 Å². The van der Waals surface area contributed by atoms with Crippen molar-refractivity contribution in [3.63, 3.8) is 0 Å². The number of rotatable bonds is 4. The van der Waals surface area contributed by atoms with Gasteiger partial charge in [-0.3, -0.25) is 4.79 Å². The van der Waals surface area contributed by atoms with Crippen molar-refractivity contribution >= 4 is 11.6 Å². The van der Waals surface area contributed by atoms with Crippen LogP contribution < -0.4 is 11.1 Å². The minimum absolute atomic E-state index is 0.186. The predicted octanol–water partition coefficient (Wildman–Crippen LogP) is 2.28. The number of hydrogen-bond acceptors (Lipinski definition) is 2. The van der Waals surface area contributed by atoms with E-state index in [0.717, 1.165) is 18.2 Å². The number of nitrogens with one attached hydrogen (secondary N) is 1. The summed E-state index contributed by atoms with van der Waals surface area (Å²) in [6, 6.07) is 2.14. The fourth-order valence-corrected chi connectivity index (χ4v) is 1.43. The molecule has 3 N–H and O–H groups in total. The standard InChI is InChI=1S/C12H16F2N2O/c1-7(2)5-10(15)12(17)16-11-6-8(13)3-4-9(11)14/h3-4,6-7,10H,5,15H2,1-2H3,(H,16,17). The first-order valence-corrected chi connectivity index (χ1v) is 5.41. The molecule has 94 valence electrons. The fourth-order valence-electron chi connectivity index (χ4n) is 1.43. The number of carbonyl (C=O) groups excluding carboxylic acids is 1. The summed E-state index contributed by atoms with van der Waals surface area (Å²) in [5.74, 6) is -1.55. The lowest BCUT2D eigenvalue weighted by atomic mass is 10.0. The van der Waals surface area contributed by atoms with Gasteiger partial charge in [0.2, 0.25) is 5.91 Å². The van der Waals surface area contributed by atoms with Gasteiger partial charge in [0, 0.05) is 6.07 Å². The zero-order valence-electron chi connectivity index (χ0n) is 9.84. The Labute approximate surface area is 99.0 Å². The Morgan fingerprint density at radius 1 is 1.41 bits per heavy atom. The number of hydrogen-bond donors (Lipinski definition) is 2. The minimum Gasteiger partial charge on any atom is -0.322 e. The SMILES string of the molecule is CC(C)CC(N)C(=O)Nc1cc(F)ccc1F. The molecule has 0 saturated heterocycles. The average Bonchev–Trinajstić information content (AvgIpc) is 2.22. The van der Waals surface area contributed by atoms with Crippen LogP contribution in [0.1, 0.15) is 20.3 Å². The number of benzene rings is 1. The molecule has 1 atom stereocenters. The van der Waals surface area contributed by atoms with Gasteiger partial charge in [-0.2, -0.15) is 0 Å². The van der Waals surface area contributed by atoms with Crippen LogP contribution in [0.4, 0.5) is 14.5 Å². The summed E-state index contributed by atoms with van der Waals surface area (Å²) in [4.78, 5) is 11.6. The Kier molecular flexibility index (Phi) is 4.57. The number of anilines is 1. The Morgan fingerprint density at radius 3 is 2.65 bits per heavy atom. The summed E-state index contributed by atoms with van der Waals surface area (Å²) in [5.41, 5.74) is 5.44. The van der Waals surface area contributed by atoms with Crippen LogP contribution in [-0.2, 0) is 4.79 Å². The summed E-state index contributed by atoms with van der Waals surface area (Å²) in [7, 11) is 0. The first kappa shape index (κ1) is 13.6. The molecule has 1 unspecified atom stereocenters. The molecule has 0 aliphatic rings. The maximum absolute atomic E-state index is 13.2. The maximum atomic E-state index is 13.2. The molecular weight excluding hydrogens is 226 g/mol. The average molecular weight is 242 g/mol. The first-order chi connectivity index (χ1) is 7.90. The van der Waals surface area contributed by atoms with Crippen LogP contribution in [0.25, 0.3) is 0 Å². The second kappa shape index (κ2) is 5.72. The molecule has 0 saturated carbocycles. The van der Waals surface area contributed by atoms with Crippen molar-refractivity contribution in [2.24, 2.45) is 11.7 Å². The van der Waals surface area contributed by atoms with E-state index in [1.807, 2.05) is 13.8 Å². The highest BCUT2D eigenvalue weighted by Gasteiger charge is 2.16. The van der Waals surface area contributed by atoms with Crippen LogP contribution in [0.2, 0.25) is 0 Å². The Hall–Kier alpha value is -1.49. The van der Waals surface area contributed by atoms with Gasteiger partial charge in [-0.15, -0.1) is 0 Å². The monoisotopic (exact) mass is 242 g/mol. The largest absolute Gasteiger partial charge is 0.322 e. The first-order valence-electron chi connectivity index (χ1n) is 5.41. The van der Waals surface area contributed by atoms with Crippen molar-refractivity contribution in [2.45, 2.75) is 26.3 Å². The highest BCUT2D eigenvalue weighted by molar-refractivity contribution is 5.94. The highest BCUT2D eigenvalue weighted by atomic mass is 19.1. The Balaban J connectivity index is 2.70. The van der Waals surface area contributed by atoms with Crippen molar-refractivity contribution in [3.05, 3.63) is 29.8 Å². The van der Waals surface area contributed by atoms with E-state index in [0.29, 0.717) is 6.42 Å². The van der Waals surface area contributed by atoms with Crippen molar-refractivity contribution < 1.29 is 13.6 Å². The molecule has 1 aromatic rings. The lowest BCUT2D eigenvalue weighted by molar-refractivity contribution is -0.117. The van der Waals surface area contributed by atoms with Crippen molar-refractivity contribution in [2.75, 3.05) is 5.32 Å². The molecule has 3 nitrogen and oxygen atoms in total. The minimum atomic E-state index is -0.724. The van der Waals surface area contributed by atoms with Crippen molar-refractivity contribution in [3.8, 4) is 0 Å². The molecular formula is C12H16F2N2O. The third-order valence-electron chi connectivity index (χ3n) is 2.25. The van der Waals surface area contributed by atoms with Gasteiger partial charge >= 0.3 is 0 Å². The molecule has 0 spiro atoms. The number of amides is 1. The van der Waals surface area contributed by atoms with Crippen LogP contribution in [0, 0.1) is 17.6 Å². The zero-order chi connectivity index (χ0) is 13.0. The molecule has 17 heavy (non-hydrogen) atoms. The molecule has 0 radical (unpaired) electrons. The van der Waals surface area contributed by atoms with E-state index in [1.54, 1.807) is 0 Å². The van der Waals surface area contributed by atoms with Gasteiger partial charge in [-0.25, -0.2) is 8.78 Å². The summed E-state index contributed by atoms with van der Waals surface area (Å²) < 4.78 is 26.1. The third-order valence-corrected chi connectivity index (χ3v) is 2.25. The second-order valence-corrected chi connectivity index (χ2v) is 4.35. The second-order valence-electron chi connectivity index (χ2n) is 4.35. The molecule has 5 heteroatoms. The van der Waals surface area contributed by atoms with E-state index in [4.69, 9.17) is 5.73 Å². The van der Waals surface area contributed by atoms with Crippen molar-refractivity contribution in [1.29, 1.82) is 0 Å². The zero-order valence-corrected chi connectivity index (χ0v) is 9.84. The number of halogens is 2. The van der Waals surface area contributed by atoms with E-state index < -0.39 is 23.6 Å². The van der Waals surface area contributed by atoms with Crippen molar-refractivity contribution in [1.82, 2.24) is 0 Å². The molecule has 1 amide bonds. The van der Waals surface area contributed by atoms with Gasteiger partial charge in [0.15, 0.2) is 0 Å². The summed E-state index contributed by atoms with van der Waals surface area (Å²) in [5, 5.41) is 2.28. The van der Waals surface area contributed by atoms with Gasteiger partial charge in [-0.1, -0.05) is 13.8 Å². The fraction of sp³-hybridized carbons (Fsp3) is 0.417. The highest BCUT2D eigenvalue weighted by Crippen LogP contribution is 2.16. The van der Waals surface area contributed by atoms with E-state index in [-0.39, 0.29) is 11.6 Å². The van der Waals surface area contributed by atoms with Crippen LogP contribution in [-0.4, -0.2) is 11.9 Å². The van der Waals surface area contributed by atoms with Crippen LogP contribution >= 0.6 is 0 Å². The van der Waals surface area contributed by atoms with Gasteiger partial charge in [0.1, 0.15) is 11.6 Å². The Morgan fingerprint density at radius 2 is 2.06 bits per heavy atom. The maximum Gasteiger partial charge on any atom is 0.241 e. The molecule has 0 fully saturated rings. The topological polar surface area (TPSA) is 55.1 Å². The number of nitrogens with two attached hydrogens (primary N) is 1. The molecule has 0 aromatic heterocycles. The van der Waals surface area contributed by atoms with E-state index in [9.17, 15) is 13.6 Å². The van der Waals surface area contributed by atoms with Gasteiger partial charge in [0.05, 0.1) is 11.7 Å². The van der Waals surface area contributed by atoms with Gasteiger partial charge in [-0.05, 0) is 24.5 Å². The smallest absolute Gasteiger partial charge is 0.241 e. The molecule has 0 aliphatic carbocycles. The lowest BCUT2D eigenvalue weighted by Crippen LogP contribution is -2.36. The quantitative estimate of drug-likeness (QED) is 0.851. The Bertz CT molecular complexity index is 407. The lowest BCUT2D eigenvalue weighted by Gasteiger charge is -2.14. The third kappa shape index (κ3) is 4.11. The normalized spacial score (nSPS) is 12.6. The molecule has 0 bridgehead atoms. The summed E-state index contributed by atoms with van der Waals surface area (Å²) >= 11 is 0. The van der Waals surface area contributed by atoms with E-state index in [2.05, 4.69) is 5.32 Å². The summed E-state index contributed by atoms with van der Waals surface area (Å²) in [6.07, 6.45) is 0.489. The van der Waals surface area contributed by atoms with Gasteiger partial charge in [0.25, 0.3) is 0 Å². The predicted molar refractivity (Wildman–Crippen MR) is 62.4 cm³/mol. The molecule has 0 heterocycles.